The molecule has 1 heterocycles. The van der Waals surface area contributed by atoms with E-state index in [4.69, 9.17) is 19.3 Å². The van der Waals surface area contributed by atoms with E-state index < -0.39 is 6.10 Å². The normalized spacial score (nSPS) is 13.2. The highest BCUT2D eigenvalue weighted by Crippen LogP contribution is 2.33. The van der Waals surface area contributed by atoms with Crippen molar-refractivity contribution in [3.05, 3.63) is 65.9 Å². The van der Waals surface area contributed by atoms with Crippen molar-refractivity contribution in [2.45, 2.75) is 59.7 Å². The Morgan fingerprint density at radius 2 is 1.72 bits per heavy atom. The van der Waals surface area contributed by atoms with Crippen LogP contribution in [0.4, 0.5) is 0 Å². The van der Waals surface area contributed by atoms with Crippen LogP contribution in [-0.2, 0) is 11.3 Å². The summed E-state index contributed by atoms with van der Waals surface area (Å²) in [4.78, 5) is 2.28. The van der Waals surface area contributed by atoms with Gasteiger partial charge in [-0.15, -0.1) is 0 Å². The summed E-state index contributed by atoms with van der Waals surface area (Å²) in [5.41, 5.74) is 2.79. The average Bonchev–Trinajstić information content (AvgIpc) is 3.18. The van der Waals surface area contributed by atoms with Crippen LogP contribution in [0.15, 0.2) is 54.6 Å². The van der Waals surface area contributed by atoms with Gasteiger partial charge in [0.2, 0.25) is 5.88 Å². The van der Waals surface area contributed by atoms with Crippen molar-refractivity contribution in [2.24, 2.45) is 5.92 Å². The van der Waals surface area contributed by atoms with Crippen LogP contribution in [0.2, 0.25) is 0 Å². The Kier molecular flexibility index (Phi) is 10.3. The number of ether oxygens (including phenoxy) is 3. The first-order chi connectivity index (χ1) is 17.3. The number of aryl methyl sites for hydroxylation is 1. The Morgan fingerprint density at radius 1 is 1.00 bits per heavy atom. The van der Waals surface area contributed by atoms with E-state index in [1.807, 2.05) is 66.2 Å². The van der Waals surface area contributed by atoms with Crippen molar-refractivity contribution in [1.29, 1.82) is 0 Å². The number of nitrogens with zero attached hydrogens (tertiary/aromatic N) is 3. The second kappa shape index (κ2) is 13.4. The van der Waals surface area contributed by atoms with Crippen LogP contribution >= 0.6 is 0 Å². The van der Waals surface area contributed by atoms with E-state index in [9.17, 15) is 5.11 Å². The maximum atomic E-state index is 10.7. The van der Waals surface area contributed by atoms with E-state index in [0.29, 0.717) is 43.9 Å². The molecule has 1 N–H and O–H groups in total. The molecule has 36 heavy (non-hydrogen) atoms. The van der Waals surface area contributed by atoms with Crippen LogP contribution in [0.5, 0.6) is 17.4 Å². The Bertz CT molecular complexity index is 1070. The van der Waals surface area contributed by atoms with E-state index in [1.165, 1.54) is 0 Å². The second-order valence-electron chi connectivity index (χ2n) is 9.67. The summed E-state index contributed by atoms with van der Waals surface area (Å²) in [5, 5.41) is 15.6. The third-order valence-electron chi connectivity index (χ3n) is 6.18. The van der Waals surface area contributed by atoms with Crippen molar-refractivity contribution in [3.8, 4) is 23.1 Å². The van der Waals surface area contributed by atoms with Gasteiger partial charge in [-0.3, -0.25) is 4.90 Å². The van der Waals surface area contributed by atoms with E-state index >= 15 is 0 Å². The molecule has 3 aromatic rings. The summed E-state index contributed by atoms with van der Waals surface area (Å²) in [7, 11) is 1.64. The zero-order chi connectivity index (χ0) is 26.1. The Balaban J connectivity index is 1.93. The van der Waals surface area contributed by atoms with Crippen molar-refractivity contribution >= 4 is 0 Å². The molecular formula is C29H41N3O4. The smallest absolute Gasteiger partial charge is 0.227 e. The van der Waals surface area contributed by atoms with Gasteiger partial charge in [-0.1, -0.05) is 45.0 Å². The Hall–Kier alpha value is -2.87. The quantitative estimate of drug-likeness (QED) is 0.313. The third-order valence-corrected chi connectivity index (χ3v) is 6.18. The van der Waals surface area contributed by atoms with E-state index in [-0.39, 0.29) is 6.04 Å². The molecule has 0 amide bonds. The van der Waals surface area contributed by atoms with Gasteiger partial charge in [0.05, 0.1) is 36.8 Å². The molecule has 1 aromatic heterocycles. The minimum absolute atomic E-state index is 0.258. The molecule has 3 rings (SSSR count). The van der Waals surface area contributed by atoms with Crippen LogP contribution in [0.3, 0.4) is 0 Å². The fraction of sp³-hybridized carbons (Fsp3) is 0.483. The van der Waals surface area contributed by atoms with Gasteiger partial charge in [-0.05, 0) is 50.5 Å². The Morgan fingerprint density at radius 3 is 2.39 bits per heavy atom. The van der Waals surface area contributed by atoms with Gasteiger partial charge < -0.3 is 19.3 Å². The van der Waals surface area contributed by atoms with Gasteiger partial charge in [-0.25, -0.2) is 4.68 Å². The maximum absolute atomic E-state index is 10.7. The highest BCUT2D eigenvalue weighted by molar-refractivity contribution is 5.44. The van der Waals surface area contributed by atoms with Gasteiger partial charge in [0.1, 0.15) is 11.5 Å². The summed E-state index contributed by atoms with van der Waals surface area (Å²) < 4.78 is 19.4. The number of hydrogen-bond donors (Lipinski definition) is 1. The topological polar surface area (TPSA) is 69.0 Å². The molecular weight excluding hydrogens is 454 g/mol. The predicted octanol–water partition coefficient (Wildman–Crippen LogP) is 5.62. The van der Waals surface area contributed by atoms with Crippen LogP contribution in [0, 0.1) is 12.8 Å². The molecule has 0 aliphatic heterocycles. The minimum atomic E-state index is -0.579. The number of rotatable bonds is 14. The number of methoxy groups -OCH3 is 1. The summed E-state index contributed by atoms with van der Waals surface area (Å²) >= 11 is 0. The first kappa shape index (κ1) is 27.7. The predicted molar refractivity (Wildman–Crippen MR) is 143 cm³/mol. The van der Waals surface area contributed by atoms with Crippen molar-refractivity contribution in [3.63, 3.8) is 0 Å². The number of para-hydroxylation sites is 1. The Labute approximate surface area is 215 Å². The summed E-state index contributed by atoms with van der Waals surface area (Å²) in [6.45, 7) is 12.6. The molecule has 0 bridgehead atoms. The van der Waals surface area contributed by atoms with Crippen molar-refractivity contribution in [1.82, 2.24) is 14.7 Å². The second-order valence-corrected chi connectivity index (χ2v) is 9.67. The molecule has 0 aliphatic carbocycles. The zero-order valence-electron chi connectivity index (χ0n) is 22.5. The molecule has 2 aromatic carbocycles. The molecule has 0 spiro atoms. The lowest BCUT2D eigenvalue weighted by Gasteiger charge is -2.30. The highest BCUT2D eigenvalue weighted by atomic mass is 16.5. The minimum Gasteiger partial charge on any atom is -0.497 e. The summed E-state index contributed by atoms with van der Waals surface area (Å²) in [5.74, 6) is 2.49. The van der Waals surface area contributed by atoms with Gasteiger partial charge in [-0.2, -0.15) is 5.10 Å². The highest BCUT2D eigenvalue weighted by Gasteiger charge is 2.25. The first-order valence-corrected chi connectivity index (χ1v) is 12.8. The van der Waals surface area contributed by atoms with E-state index in [0.717, 1.165) is 29.1 Å². The van der Waals surface area contributed by atoms with Crippen LogP contribution in [0.1, 0.15) is 45.4 Å². The fourth-order valence-corrected chi connectivity index (χ4v) is 3.97. The molecule has 2 atom stereocenters. The lowest BCUT2D eigenvalue weighted by atomic mass is 10.1. The van der Waals surface area contributed by atoms with Gasteiger partial charge in [0.15, 0.2) is 0 Å². The van der Waals surface area contributed by atoms with Crippen LogP contribution in [0.25, 0.3) is 5.69 Å². The molecule has 0 aliphatic rings. The monoisotopic (exact) mass is 495 g/mol. The number of hydrogen-bond acceptors (Lipinski definition) is 6. The lowest BCUT2D eigenvalue weighted by Crippen LogP contribution is -2.40. The molecule has 0 unspecified atom stereocenters. The maximum Gasteiger partial charge on any atom is 0.227 e. The molecule has 0 fully saturated rings. The van der Waals surface area contributed by atoms with Gasteiger partial charge in [0.25, 0.3) is 0 Å². The largest absolute Gasteiger partial charge is 0.497 e. The zero-order valence-corrected chi connectivity index (χ0v) is 22.5. The molecule has 196 valence electrons. The summed E-state index contributed by atoms with van der Waals surface area (Å²) in [6, 6.07) is 17.8. The third kappa shape index (κ3) is 7.56. The van der Waals surface area contributed by atoms with E-state index in [1.54, 1.807) is 7.11 Å². The number of benzene rings is 2. The SMILES string of the molecule is CC[C@@H](C)N(Cc1c(C)nn(-c2ccccc2)c1Oc1cccc(OC)c1)C[C@H](O)COCC(C)C. The molecule has 7 heteroatoms. The number of aliphatic hydroxyl groups excluding tert-OH is 1. The molecule has 0 radical (unpaired) electrons. The van der Waals surface area contributed by atoms with Gasteiger partial charge in [0, 0.05) is 31.8 Å². The molecule has 0 saturated heterocycles. The molecule has 0 saturated carbocycles. The molecule has 7 nitrogen and oxygen atoms in total. The van der Waals surface area contributed by atoms with Crippen molar-refractivity contribution in [2.75, 3.05) is 26.9 Å². The van der Waals surface area contributed by atoms with E-state index in [2.05, 4.69) is 32.6 Å². The average molecular weight is 496 g/mol. The van der Waals surface area contributed by atoms with Crippen molar-refractivity contribution < 1.29 is 19.3 Å². The first-order valence-electron chi connectivity index (χ1n) is 12.8. The van der Waals surface area contributed by atoms with Gasteiger partial charge >= 0.3 is 0 Å². The van der Waals surface area contributed by atoms with Crippen LogP contribution < -0.4 is 9.47 Å². The van der Waals surface area contributed by atoms with Crippen LogP contribution in [-0.4, -0.2) is 58.8 Å². The standard InChI is InChI=1S/C29H41N3O4/c1-7-22(4)31(17-25(33)20-35-19-21(2)3)18-28-23(5)30-32(24-12-9-8-10-13-24)29(28)36-27-15-11-14-26(16-27)34-6/h8-16,21-22,25,33H,7,17-20H2,1-6H3/t22-,25+/m1/s1. The summed E-state index contributed by atoms with van der Waals surface area (Å²) in [6.07, 6.45) is 0.377. The fourth-order valence-electron chi connectivity index (χ4n) is 3.97. The number of aromatic nitrogens is 2. The number of aliphatic hydroxyl groups is 1. The lowest BCUT2D eigenvalue weighted by molar-refractivity contribution is -0.0000190.